The Balaban J connectivity index is 1.72. The minimum atomic E-state index is -0.297. The van der Waals surface area contributed by atoms with Crippen LogP contribution in [0.25, 0.3) is 11.0 Å². The fourth-order valence-corrected chi connectivity index (χ4v) is 2.75. The number of carbonyl (C=O) groups excluding carboxylic acids is 1. The molecule has 0 aliphatic carbocycles. The van der Waals surface area contributed by atoms with E-state index in [2.05, 4.69) is 5.32 Å². The quantitative estimate of drug-likeness (QED) is 0.677. The average Bonchev–Trinajstić information content (AvgIpc) is 3.10. The van der Waals surface area contributed by atoms with E-state index in [1.54, 1.807) is 26.4 Å². The van der Waals surface area contributed by atoms with Crippen LogP contribution < -0.4 is 19.5 Å². The molecule has 6 nitrogen and oxygen atoms in total. The van der Waals surface area contributed by atoms with Crippen molar-refractivity contribution in [1.29, 1.82) is 0 Å². The fraction of sp³-hybridized carbons (Fsp3) is 0.286. The van der Waals surface area contributed by atoms with Crippen molar-refractivity contribution in [3.63, 3.8) is 0 Å². The number of amides is 1. The van der Waals surface area contributed by atoms with Crippen LogP contribution in [0.15, 0.2) is 46.9 Å². The molecule has 0 fully saturated rings. The molecule has 1 aromatic heterocycles. The van der Waals surface area contributed by atoms with Gasteiger partial charge in [-0.3, -0.25) is 4.79 Å². The molecule has 142 valence electrons. The van der Waals surface area contributed by atoms with Gasteiger partial charge in [-0.15, -0.1) is 0 Å². The van der Waals surface area contributed by atoms with Gasteiger partial charge in [0.1, 0.15) is 0 Å². The van der Waals surface area contributed by atoms with Gasteiger partial charge < -0.3 is 23.9 Å². The third kappa shape index (κ3) is 4.16. The monoisotopic (exact) mass is 369 g/mol. The maximum absolute atomic E-state index is 12.5. The molecule has 27 heavy (non-hydrogen) atoms. The second-order valence-corrected chi connectivity index (χ2v) is 6.32. The second kappa shape index (κ2) is 8.03. The van der Waals surface area contributed by atoms with E-state index < -0.39 is 0 Å². The first-order valence-corrected chi connectivity index (χ1v) is 8.70. The highest BCUT2D eigenvalue weighted by atomic mass is 16.5. The van der Waals surface area contributed by atoms with Gasteiger partial charge in [-0.2, -0.15) is 0 Å². The Morgan fingerprint density at radius 1 is 1.04 bits per heavy atom. The number of furan rings is 1. The molecule has 2 aromatic carbocycles. The molecule has 0 bridgehead atoms. The normalized spacial score (nSPS) is 10.9. The van der Waals surface area contributed by atoms with Gasteiger partial charge in [-0.05, 0) is 43.7 Å². The number of hydrogen-bond acceptors (Lipinski definition) is 5. The lowest BCUT2D eigenvalue weighted by molar-refractivity contribution is 0.0925. The summed E-state index contributed by atoms with van der Waals surface area (Å²) < 4.78 is 22.0. The summed E-state index contributed by atoms with van der Waals surface area (Å²) in [6, 6.07) is 12.8. The van der Waals surface area contributed by atoms with E-state index in [9.17, 15) is 4.79 Å². The first-order valence-electron chi connectivity index (χ1n) is 8.70. The Kier molecular flexibility index (Phi) is 5.54. The summed E-state index contributed by atoms with van der Waals surface area (Å²) in [6.07, 6.45) is 0.0505. The van der Waals surface area contributed by atoms with E-state index in [0.29, 0.717) is 29.4 Å². The zero-order valence-electron chi connectivity index (χ0n) is 15.9. The van der Waals surface area contributed by atoms with Gasteiger partial charge in [0.2, 0.25) is 0 Å². The van der Waals surface area contributed by atoms with E-state index in [-0.39, 0.29) is 17.8 Å². The van der Waals surface area contributed by atoms with Crippen molar-refractivity contribution < 1.29 is 23.4 Å². The van der Waals surface area contributed by atoms with Crippen molar-refractivity contribution in [3.05, 3.63) is 53.8 Å². The molecular formula is C21H23NO5. The van der Waals surface area contributed by atoms with E-state index in [0.717, 1.165) is 10.9 Å². The zero-order chi connectivity index (χ0) is 19.4. The number of ether oxygens (including phenoxy) is 3. The van der Waals surface area contributed by atoms with Gasteiger partial charge in [0.25, 0.3) is 5.91 Å². The first kappa shape index (κ1) is 18.6. The Bertz CT molecular complexity index is 945. The van der Waals surface area contributed by atoms with Crippen LogP contribution in [-0.2, 0) is 6.54 Å². The number of benzene rings is 2. The topological polar surface area (TPSA) is 69.9 Å². The lowest BCUT2D eigenvalue weighted by Gasteiger charge is -2.14. The predicted octanol–water partition coefficient (Wildman–Crippen LogP) is 4.17. The van der Waals surface area contributed by atoms with Crippen molar-refractivity contribution in [3.8, 4) is 17.2 Å². The van der Waals surface area contributed by atoms with Crippen LogP contribution in [0.2, 0.25) is 0 Å². The third-order valence-corrected chi connectivity index (χ3v) is 4.00. The third-order valence-electron chi connectivity index (χ3n) is 4.00. The Labute approximate surface area is 158 Å². The highest BCUT2D eigenvalue weighted by Crippen LogP contribution is 2.30. The van der Waals surface area contributed by atoms with Gasteiger partial charge in [0.15, 0.2) is 28.6 Å². The predicted molar refractivity (Wildman–Crippen MR) is 103 cm³/mol. The van der Waals surface area contributed by atoms with Gasteiger partial charge in [-0.1, -0.05) is 18.2 Å². The Morgan fingerprint density at radius 2 is 1.81 bits per heavy atom. The SMILES string of the molecule is COc1cc(CNC(=O)c2cc3cccc(OC)c3o2)ccc1OC(C)C. The molecule has 0 aliphatic rings. The molecular weight excluding hydrogens is 346 g/mol. The summed E-state index contributed by atoms with van der Waals surface area (Å²) in [5.74, 6) is 1.84. The zero-order valence-corrected chi connectivity index (χ0v) is 15.9. The van der Waals surface area contributed by atoms with Crippen LogP contribution in [0, 0.1) is 0 Å². The Hall–Kier alpha value is -3.15. The standard InChI is InChI=1S/C21H23NO5/c1-13(2)26-16-9-8-14(10-18(16)25-4)12-22-21(23)19-11-15-6-5-7-17(24-3)20(15)27-19/h5-11,13H,12H2,1-4H3,(H,22,23). The van der Waals surface area contributed by atoms with Crippen molar-refractivity contribution in [1.82, 2.24) is 5.32 Å². The van der Waals surface area contributed by atoms with Crippen LogP contribution in [-0.4, -0.2) is 26.2 Å². The minimum Gasteiger partial charge on any atom is -0.493 e. The van der Waals surface area contributed by atoms with Gasteiger partial charge in [0.05, 0.1) is 20.3 Å². The number of methoxy groups -OCH3 is 2. The maximum atomic E-state index is 12.5. The molecule has 0 radical (unpaired) electrons. The molecule has 1 amide bonds. The van der Waals surface area contributed by atoms with Gasteiger partial charge in [0, 0.05) is 11.9 Å². The van der Waals surface area contributed by atoms with Crippen LogP contribution in [0.1, 0.15) is 30.0 Å². The number of fused-ring (bicyclic) bond motifs is 1. The molecule has 1 N–H and O–H groups in total. The molecule has 0 aliphatic heterocycles. The summed E-state index contributed by atoms with van der Waals surface area (Å²) in [7, 11) is 3.16. The molecule has 0 atom stereocenters. The van der Waals surface area contributed by atoms with Gasteiger partial charge >= 0.3 is 0 Å². The number of para-hydroxylation sites is 1. The number of nitrogens with one attached hydrogen (secondary N) is 1. The van der Waals surface area contributed by atoms with Crippen LogP contribution in [0.5, 0.6) is 17.2 Å². The smallest absolute Gasteiger partial charge is 0.287 e. The minimum absolute atomic E-state index is 0.0505. The first-order chi connectivity index (χ1) is 13.0. The van der Waals surface area contributed by atoms with Crippen LogP contribution in [0.3, 0.4) is 0 Å². The fourth-order valence-electron chi connectivity index (χ4n) is 2.75. The summed E-state index contributed by atoms with van der Waals surface area (Å²) in [5, 5.41) is 3.67. The van der Waals surface area contributed by atoms with Crippen LogP contribution >= 0.6 is 0 Å². The molecule has 1 heterocycles. The van der Waals surface area contributed by atoms with Crippen molar-refractivity contribution in [2.45, 2.75) is 26.5 Å². The number of carbonyl (C=O) groups is 1. The number of rotatable bonds is 7. The van der Waals surface area contributed by atoms with E-state index in [1.165, 1.54) is 0 Å². The molecule has 0 saturated heterocycles. The molecule has 0 saturated carbocycles. The molecule has 0 spiro atoms. The molecule has 3 rings (SSSR count). The number of hydrogen-bond donors (Lipinski definition) is 1. The van der Waals surface area contributed by atoms with Crippen molar-refractivity contribution >= 4 is 16.9 Å². The van der Waals surface area contributed by atoms with Crippen molar-refractivity contribution in [2.75, 3.05) is 14.2 Å². The van der Waals surface area contributed by atoms with Crippen LogP contribution in [0.4, 0.5) is 0 Å². The summed E-state index contributed by atoms with van der Waals surface area (Å²) in [4.78, 5) is 12.5. The maximum Gasteiger partial charge on any atom is 0.287 e. The molecule has 3 aromatic rings. The molecule has 6 heteroatoms. The van der Waals surface area contributed by atoms with E-state index in [4.69, 9.17) is 18.6 Å². The summed E-state index contributed by atoms with van der Waals surface area (Å²) >= 11 is 0. The average molecular weight is 369 g/mol. The second-order valence-electron chi connectivity index (χ2n) is 6.32. The summed E-state index contributed by atoms with van der Waals surface area (Å²) in [5.41, 5.74) is 1.45. The van der Waals surface area contributed by atoms with E-state index in [1.807, 2.05) is 44.2 Å². The highest BCUT2D eigenvalue weighted by Gasteiger charge is 2.15. The van der Waals surface area contributed by atoms with E-state index >= 15 is 0 Å². The highest BCUT2D eigenvalue weighted by molar-refractivity contribution is 5.97. The molecule has 0 unspecified atom stereocenters. The lowest BCUT2D eigenvalue weighted by Crippen LogP contribution is -2.22. The summed E-state index contributed by atoms with van der Waals surface area (Å²) in [6.45, 7) is 4.25. The van der Waals surface area contributed by atoms with Crippen molar-refractivity contribution in [2.24, 2.45) is 0 Å². The van der Waals surface area contributed by atoms with Gasteiger partial charge in [-0.25, -0.2) is 0 Å². The largest absolute Gasteiger partial charge is 0.493 e. The Morgan fingerprint density at radius 3 is 2.52 bits per heavy atom. The lowest BCUT2D eigenvalue weighted by atomic mass is 10.2.